The van der Waals surface area contributed by atoms with E-state index in [2.05, 4.69) is 20.0 Å². The number of ether oxygens (including phenoxy) is 1. The van der Waals surface area contributed by atoms with Crippen LogP contribution < -0.4 is 5.32 Å². The van der Waals surface area contributed by atoms with Crippen LogP contribution in [0.2, 0.25) is 0 Å². The van der Waals surface area contributed by atoms with Crippen LogP contribution in [0, 0.1) is 0 Å². The molecule has 0 amide bonds. The van der Waals surface area contributed by atoms with Crippen molar-refractivity contribution < 1.29 is 27.8 Å². The minimum Gasteiger partial charge on any atom is -0.467 e. The van der Waals surface area contributed by atoms with Gasteiger partial charge in [0.2, 0.25) is 5.95 Å². The van der Waals surface area contributed by atoms with E-state index in [1.54, 1.807) is 0 Å². The van der Waals surface area contributed by atoms with E-state index in [-0.39, 0.29) is 0 Å². The van der Waals surface area contributed by atoms with Crippen LogP contribution in [0.25, 0.3) is 0 Å². The molecule has 2 N–H and O–H groups in total. The molecule has 0 aromatic carbocycles. The summed E-state index contributed by atoms with van der Waals surface area (Å²) >= 11 is 0. The molecule has 0 unspecified atom stereocenters. The molecule has 1 aromatic rings. The second-order valence-electron chi connectivity index (χ2n) is 3.17. The molecular weight excluding hydrogens is 255 g/mol. The molecule has 0 radical (unpaired) electrons. The molecule has 0 bridgehead atoms. The van der Waals surface area contributed by atoms with Crippen LogP contribution in [0.3, 0.4) is 0 Å². The first kappa shape index (κ1) is 14.2. The molecule has 1 aromatic heterocycles. The van der Waals surface area contributed by atoms with E-state index in [1.165, 1.54) is 0 Å². The minimum absolute atomic E-state index is 0.422. The van der Waals surface area contributed by atoms with Gasteiger partial charge in [-0.1, -0.05) is 0 Å². The lowest BCUT2D eigenvalue weighted by Crippen LogP contribution is -2.34. The van der Waals surface area contributed by atoms with Crippen LogP contribution in [0.15, 0.2) is 12.3 Å². The topological polar surface area (TPSA) is 84.3 Å². The van der Waals surface area contributed by atoms with E-state index in [1.807, 2.05) is 0 Å². The molecule has 100 valence electrons. The first-order valence-electron chi connectivity index (χ1n) is 4.74. The summed E-state index contributed by atoms with van der Waals surface area (Å²) in [5.41, 5.74) is -1.15. The van der Waals surface area contributed by atoms with Gasteiger partial charge in [0.05, 0.1) is 13.7 Å². The van der Waals surface area contributed by atoms with Crippen molar-refractivity contribution in [3.8, 4) is 0 Å². The predicted molar refractivity (Wildman–Crippen MR) is 53.5 cm³/mol. The summed E-state index contributed by atoms with van der Waals surface area (Å²) in [6, 6.07) is -0.532. The van der Waals surface area contributed by atoms with Gasteiger partial charge >= 0.3 is 12.1 Å². The third-order valence-corrected chi connectivity index (χ3v) is 1.92. The Balaban J connectivity index is 2.88. The number of esters is 1. The highest BCUT2D eigenvalue weighted by Gasteiger charge is 2.33. The number of aliphatic hydroxyl groups is 1. The third-order valence-electron chi connectivity index (χ3n) is 1.92. The number of halogens is 3. The van der Waals surface area contributed by atoms with Crippen LogP contribution in [0.5, 0.6) is 0 Å². The van der Waals surface area contributed by atoms with Gasteiger partial charge in [-0.05, 0) is 6.07 Å². The molecule has 0 aliphatic carbocycles. The standard InChI is InChI=1S/C9H10F3N3O3/c1-18-7(17)5(4-16)14-8-13-3-2-6(15-8)9(10,11)12/h2-3,5,16H,4H2,1H3,(H,13,14,15)/t5-/m0/s1. The molecule has 0 spiro atoms. The van der Waals surface area contributed by atoms with Gasteiger partial charge in [0.25, 0.3) is 0 Å². The Hall–Kier alpha value is -1.90. The number of nitrogens with zero attached hydrogens (tertiary/aromatic N) is 2. The largest absolute Gasteiger partial charge is 0.467 e. The van der Waals surface area contributed by atoms with Crippen LogP contribution in [0.1, 0.15) is 5.69 Å². The van der Waals surface area contributed by atoms with Crippen molar-refractivity contribution in [2.24, 2.45) is 0 Å². The van der Waals surface area contributed by atoms with E-state index in [4.69, 9.17) is 5.11 Å². The minimum atomic E-state index is -4.61. The van der Waals surface area contributed by atoms with Gasteiger partial charge in [-0.25, -0.2) is 14.8 Å². The van der Waals surface area contributed by atoms with Gasteiger partial charge in [-0.3, -0.25) is 0 Å². The van der Waals surface area contributed by atoms with Gasteiger partial charge in [0.15, 0.2) is 6.04 Å². The van der Waals surface area contributed by atoms with Crippen molar-refractivity contribution in [1.29, 1.82) is 0 Å². The Kier molecular flexibility index (Phi) is 4.43. The van der Waals surface area contributed by atoms with Crippen molar-refractivity contribution in [3.63, 3.8) is 0 Å². The summed E-state index contributed by atoms with van der Waals surface area (Å²) in [6.45, 7) is -0.660. The second kappa shape index (κ2) is 5.63. The fraction of sp³-hybridized carbons (Fsp3) is 0.444. The van der Waals surface area contributed by atoms with E-state index >= 15 is 0 Å². The van der Waals surface area contributed by atoms with E-state index in [0.29, 0.717) is 6.07 Å². The van der Waals surface area contributed by atoms with Crippen LogP contribution >= 0.6 is 0 Å². The van der Waals surface area contributed by atoms with Gasteiger partial charge in [-0.15, -0.1) is 0 Å². The monoisotopic (exact) mass is 265 g/mol. The van der Waals surface area contributed by atoms with Gasteiger partial charge < -0.3 is 15.2 Å². The SMILES string of the molecule is COC(=O)[C@H](CO)Nc1nccc(C(F)(F)F)n1. The highest BCUT2D eigenvalue weighted by Crippen LogP contribution is 2.27. The molecule has 1 heterocycles. The maximum Gasteiger partial charge on any atom is 0.433 e. The Morgan fingerprint density at radius 1 is 1.61 bits per heavy atom. The fourth-order valence-electron chi connectivity index (χ4n) is 1.06. The normalized spacial score (nSPS) is 12.9. The smallest absolute Gasteiger partial charge is 0.433 e. The highest BCUT2D eigenvalue weighted by molar-refractivity contribution is 5.78. The summed E-state index contributed by atoms with van der Waals surface area (Å²) in [6.07, 6.45) is -3.72. The number of carbonyl (C=O) groups excluding carboxylic acids is 1. The lowest BCUT2D eigenvalue weighted by Gasteiger charge is -2.14. The maximum absolute atomic E-state index is 12.4. The van der Waals surface area contributed by atoms with Crippen molar-refractivity contribution in [1.82, 2.24) is 9.97 Å². The molecule has 0 fully saturated rings. The zero-order chi connectivity index (χ0) is 13.8. The van der Waals surface area contributed by atoms with Crippen molar-refractivity contribution in [2.75, 3.05) is 19.0 Å². The molecule has 0 aliphatic rings. The number of carbonyl (C=O) groups is 1. The average molecular weight is 265 g/mol. The number of hydrogen-bond acceptors (Lipinski definition) is 6. The van der Waals surface area contributed by atoms with Crippen molar-refractivity contribution >= 4 is 11.9 Å². The summed E-state index contributed by atoms with van der Waals surface area (Å²) in [4.78, 5) is 17.8. The number of nitrogens with one attached hydrogen (secondary N) is 1. The quantitative estimate of drug-likeness (QED) is 0.768. The number of alkyl halides is 3. The average Bonchev–Trinajstić information content (AvgIpc) is 2.34. The van der Waals surface area contributed by atoms with Crippen molar-refractivity contribution in [2.45, 2.75) is 12.2 Å². The van der Waals surface area contributed by atoms with Gasteiger partial charge in [0, 0.05) is 6.20 Å². The first-order valence-corrected chi connectivity index (χ1v) is 4.74. The number of anilines is 1. The molecule has 6 nitrogen and oxygen atoms in total. The number of methoxy groups -OCH3 is 1. The Labute approximate surface area is 99.8 Å². The fourth-order valence-corrected chi connectivity index (χ4v) is 1.06. The van der Waals surface area contributed by atoms with Crippen LogP contribution in [-0.4, -0.2) is 40.8 Å². The van der Waals surface area contributed by atoms with E-state index in [9.17, 15) is 18.0 Å². The van der Waals surface area contributed by atoms with Crippen LogP contribution in [-0.2, 0) is 15.7 Å². The van der Waals surface area contributed by atoms with E-state index < -0.39 is 36.4 Å². The van der Waals surface area contributed by atoms with Gasteiger partial charge in [-0.2, -0.15) is 13.2 Å². The zero-order valence-corrected chi connectivity index (χ0v) is 9.23. The lowest BCUT2D eigenvalue weighted by molar-refractivity contribution is -0.142. The zero-order valence-electron chi connectivity index (χ0n) is 9.23. The molecular formula is C9H10F3N3O3. The number of hydrogen-bond donors (Lipinski definition) is 2. The molecule has 9 heteroatoms. The summed E-state index contributed by atoms with van der Waals surface area (Å²) in [7, 11) is 1.08. The summed E-state index contributed by atoms with van der Waals surface area (Å²) in [5, 5.41) is 11.1. The Morgan fingerprint density at radius 2 is 2.28 bits per heavy atom. The van der Waals surface area contributed by atoms with Crippen molar-refractivity contribution in [3.05, 3.63) is 18.0 Å². The first-order chi connectivity index (χ1) is 8.38. The van der Waals surface area contributed by atoms with Crippen LogP contribution in [0.4, 0.5) is 19.1 Å². The molecule has 0 aliphatic heterocycles. The maximum atomic E-state index is 12.4. The second-order valence-corrected chi connectivity index (χ2v) is 3.17. The Morgan fingerprint density at radius 3 is 2.78 bits per heavy atom. The molecule has 0 saturated heterocycles. The number of rotatable bonds is 4. The lowest BCUT2D eigenvalue weighted by atomic mass is 10.3. The number of aromatic nitrogens is 2. The summed E-state index contributed by atoms with van der Waals surface area (Å²) < 4.78 is 41.4. The predicted octanol–water partition coefficient (Wildman–Crippen LogP) is 0.441. The van der Waals surface area contributed by atoms with E-state index in [0.717, 1.165) is 13.3 Å². The molecule has 18 heavy (non-hydrogen) atoms. The molecule has 0 saturated carbocycles. The third kappa shape index (κ3) is 3.55. The molecule has 1 rings (SSSR count). The molecule has 1 atom stereocenters. The van der Waals surface area contributed by atoms with Gasteiger partial charge in [0.1, 0.15) is 5.69 Å². The number of aliphatic hydroxyl groups excluding tert-OH is 1. The Bertz CT molecular complexity index is 425. The highest BCUT2D eigenvalue weighted by atomic mass is 19.4. The summed E-state index contributed by atoms with van der Waals surface area (Å²) in [5.74, 6) is -1.26.